The number of para-hydroxylation sites is 1. The zero-order valence-corrected chi connectivity index (χ0v) is 10.4. The largest absolute Gasteiger partial charge is 0.323 e. The second-order valence-corrected chi connectivity index (χ2v) is 5.86. The van der Waals surface area contributed by atoms with Gasteiger partial charge in [0, 0.05) is 5.69 Å². The van der Waals surface area contributed by atoms with Crippen molar-refractivity contribution in [2.45, 2.75) is 37.8 Å². The van der Waals surface area contributed by atoms with Crippen LogP contribution in [0.4, 0.5) is 10.5 Å². The molecule has 1 aliphatic carbocycles. The topological polar surface area (TPSA) is 29.1 Å². The molecule has 0 saturated heterocycles. The Hall–Kier alpha value is -0.880. The summed E-state index contributed by atoms with van der Waals surface area (Å²) in [6, 6.07) is 9.71. The molecule has 2 nitrogen and oxygen atoms in total. The Morgan fingerprint density at radius 2 is 1.81 bits per heavy atom. The van der Waals surface area contributed by atoms with Gasteiger partial charge in [0.25, 0.3) is 0 Å². The molecule has 1 saturated carbocycles. The van der Waals surface area contributed by atoms with Crippen LogP contribution in [0.2, 0.25) is 0 Å². The molecular weight excluding hydrogens is 217 g/mol. The number of anilines is 1. The Bertz CT molecular complexity index is 333. The van der Waals surface area contributed by atoms with Crippen LogP contribution in [0, 0.1) is 0 Å². The smallest absolute Gasteiger partial charge is 0.242 e. The lowest BCUT2D eigenvalue weighted by molar-refractivity contribution is 0.269. The maximum Gasteiger partial charge on any atom is 0.242 e. The fraction of sp³-hybridized carbons (Fsp3) is 0.462. The number of hydrogen-bond acceptors (Lipinski definition) is 1. The van der Waals surface area contributed by atoms with Crippen LogP contribution in [0.1, 0.15) is 32.1 Å². The Labute approximate surface area is 98.6 Å². The highest BCUT2D eigenvalue weighted by Crippen LogP contribution is 2.33. The molecule has 0 spiro atoms. The van der Waals surface area contributed by atoms with E-state index in [0.29, 0.717) is 14.2 Å². The van der Waals surface area contributed by atoms with Crippen molar-refractivity contribution in [2.24, 2.45) is 0 Å². The van der Waals surface area contributed by atoms with Gasteiger partial charge in [-0.1, -0.05) is 37.5 Å². The van der Waals surface area contributed by atoms with Crippen molar-refractivity contribution in [2.75, 3.05) is 5.32 Å². The average Bonchev–Trinajstić information content (AvgIpc) is 2.31. The van der Waals surface area contributed by atoms with Crippen LogP contribution in [0.3, 0.4) is 0 Å². The minimum absolute atomic E-state index is 0.193. The first-order valence-corrected chi connectivity index (χ1v) is 7.05. The molecular formula is C13H18NOP. The summed E-state index contributed by atoms with van der Waals surface area (Å²) in [6.07, 6.45) is 6.43. The van der Waals surface area contributed by atoms with Gasteiger partial charge in [-0.3, -0.25) is 4.79 Å². The fourth-order valence-corrected chi connectivity index (χ4v) is 3.41. The zero-order valence-electron chi connectivity index (χ0n) is 9.41. The second-order valence-electron chi connectivity index (χ2n) is 4.30. The van der Waals surface area contributed by atoms with Crippen LogP contribution < -0.4 is 5.32 Å². The number of nitrogens with one attached hydrogen (secondary N) is 1. The molecule has 0 aromatic heterocycles. The first kappa shape index (κ1) is 11.6. The van der Waals surface area contributed by atoms with Gasteiger partial charge < -0.3 is 5.32 Å². The molecule has 0 aliphatic heterocycles. The van der Waals surface area contributed by atoms with Gasteiger partial charge in [-0.2, -0.15) is 0 Å². The van der Waals surface area contributed by atoms with Gasteiger partial charge in [-0.25, -0.2) is 0 Å². The lowest BCUT2D eigenvalue weighted by Gasteiger charge is -2.20. The highest BCUT2D eigenvalue weighted by atomic mass is 31.1. The van der Waals surface area contributed by atoms with E-state index in [1.54, 1.807) is 0 Å². The number of benzene rings is 1. The number of carbonyl (C=O) groups excluding carboxylic acids is 1. The molecule has 1 aromatic carbocycles. The molecule has 16 heavy (non-hydrogen) atoms. The van der Waals surface area contributed by atoms with Crippen molar-refractivity contribution in [3.05, 3.63) is 30.3 Å². The molecule has 3 heteroatoms. The molecule has 0 bridgehead atoms. The lowest BCUT2D eigenvalue weighted by Crippen LogP contribution is -2.12. The van der Waals surface area contributed by atoms with E-state index in [2.05, 4.69) is 5.32 Å². The summed E-state index contributed by atoms with van der Waals surface area (Å²) in [4.78, 5) is 11.8. The Morgan fingerprint density at radius 3 is 2.50 bits per heavy atom. The molecule has 0 radical (unpaired) electrons. The van der Waals surface area contributed by atoms with Crippen molar-refractivity contribution in [3.8, 4) is 0 Å². The molecule has 2 rings (SSSR count). The molecule has 1 unspecified atom stereocenters. The van der Waals surface area contributed by atoms with Crippen LogP contribution in [-0.2, 0) is 0 Å². The van der Waals surface area contributed by atoms with Crippen molar-refractivity contribution in [3.63, 3.8) is 0 Å². The Balaban J connectivity index is 1.80. The minimum atomic E-state index is 0.193. The summed E-state index contributed by atoms with van der Waals surface area (Å²) < 4.78 is 0. The van der Waals surface area contributed by atoms with Crippen LogP contribution in [0.25, 0.3) is 0 Å². The highest BCUT2D eigenvalue weighted by molar-refractivity contribution is 7.59. The third-order valence-electron chi connectivity index (χ3n) is 2.97. The average molecular weight is 235 g/mol. The zero-order chi connectivity index (χ0) is 11.2. The van der Waals surface area contributed by atoms with E-state index in [-0.39, 0.29) is 5.65 Å². The summed E-state index contributed by atoms with van der Waals surface area (Å²) in [5.74, 6) is 0. The lowest BCUT2D eigenvalue weighted by atomic mass is 10.0. The summed E-state index contributed by atoms with van der Waals surface area (Å²) in [5, 5.41) is 2.96. The van der Waals surface area contributed by atoms with E-state index in [9.17, 15) is 4.79 Å². The third-order valence-corrected chi connectivity index (χ3v) is 4.34. The van der Waals surface area contributed by atoms with Crippen LogP contribution >= 0.6 is 8.58 Å². The van der Waals surface area contributed by atoms with Crippen LogP contribution in [-0.4, -0.2) is 11.3 Å². The molecule has 1 aliphatic rings. The normalized spacial score (nSPS) is 17.8. The van der Waals surface area contributed by atoms with E-state index < -0.39 is 0 Å². The number of hydrogen-bond donors (Lipinski definition) is 1. The van der Waals surface area contributed by atoms with Gasteiger partial charge in [0.1, 0.15) is 0 Å². The summed E-state index contributed by atoms with van der Waals surface area (Å²) >= 11 is 0. The Kier molecular flexibility index (Phi) is 4.35. The molecule has 1 fully saturated rings. The van der Waals surface area contributed by atoms with Crippen molar-refractivity contribution in [1.29, 1.82) is 0 Å². The van der Waals surface area contributed by atoms with Crippen molar-refractivity contribution in [1.82, 2.24) is 0 Å². The van der Waals surface area contributed by atoms with Crippen LogP contribution in [0.15, 0.2) is 30.3 Å². The Morgan fingerprint density at radius 1 is 1.12 bits per heavy atom. The van der Waals surface area contributed by atoms with Gasteiger partial charge in [0.05, 0.1) is 0 Å². The van der Waals surface area contributed by atoms with E-state index in [1.165, 1.54) is 32.1 Å². The van der Waals surface area contributed by atoms with Gasteiger partial charge in [-0.05, 0) is 39.2 Å². The first-order valence-electron chi connectivity index (χ1n) is 5.97. The molecule has 1 amide bonds. The van der Waals surface area contributed by atoms with Gasteiger partial charge in [-0.15, -0.1) is 0 Å². The van der Waals surface area contributed by atoms with Gasteiger partial charge in [0.2, 0.25) is 5.65 Å². The molecule has 0 heterocycles. The number of amides is 1. The fourth-order valence-electron chi connectivity index (χ4n) is 2.12. The second kappa shape index (κ2) is 6.00. The summed E-state index contributed by atoms with van der Waals surface area (Å²) in [7, 11) is 0.431. The standard InChI is InChI=1S/C13H18NOP/c15-13(14-11-7-3-1-4-8-11)16-12-9-5-2-6-10-12/h1,3-4,7-8,12,16H,2,5-6,9-10H2,(H,14,15). The molecule has 1 N–H and O–H groups in total. The molecule has 1 atom stereocenters. The molecule has 86 valence electrons. The summed E-state index contributed by atoms with van der Waals surface area (Å²) in [5.41, 5.74) is 1.74. The minimum Gasteiger partial charge on any atom is -0.323 e. The first-order chi connectivity index (χ1) is 7.84. The van der Waals surface area contributed by atoms with Gasteiger partial charge >= 0.3 is 0 Å². The molecule has 1 aromatic rings. The SMILES string of the molecule is O=C(Nc1ccccc1)PC1CCCCC1. The van der Waals surface area contributed by atoms with E-state index in [1.807, 2.05) is 30.3 Å². The van der Waals surface area contributed by atoms with E-state index >= 15 is 0 Å². The van der Waals surface area contributed by atoms with Crippen molar-refractivity contribution < 1.29 is 4.79 Å². The van der Waals surface area contributed by atoms with E-state index in [4.69, 9.17) is 0 Å². The maximum atomic E-state index is 11.8. The van der Waals surface area contributed by atoms with E-state index in [0.717, 1.165) is 5.69 Å². The number of carbonyl (C=O) groups is 1. The summed E-state index contributed by atoms with van der Waals surface area (Å²) in [6.45, 7) is 0. The predicted molar refractivity (Wildman–Crippen MR) is 70.6 cm³/mol. The van der Waals surface area contributed by atoms with Crippen LogP contribution in [0.5, 0.6) is 0 Å². The monoisotopic (exact) mass is 235 g/mol. The highest BCUT2D eigenvalue weighted by Gasteiger charge is 2.16. The van der Waals surface area contributed by atoms with Crippen molar-refractivity contribution >= 4 is 19.9 Å². The maximum absolute atomic E-state index is 11.8. The number of rotatable bonds is 3. The third kappa shape index (κ3) is 3.61. The quantitative estimate of drug-likeness (QED) is 0.780. The van der Waals surface area contributed by atoms with Gasteiger partial charge in [0.15, 0.2) is 0 Å². The predicted octanol–water partition coefficient (Wildman–Crippen LogP) is 4.23.